The Balaban J connectivity index is 0.00000121. The first kappa shape index (κ1) is 15.9. The number of anilines is 1. The summed E-state index contributed by atoms with van der Waals surface area (Å²) in [6, 6.07) is 4.09. The van der Waals surface area contributed by atoms with Crippen molar-refractivity contribution in [3.8, 4) is 0 Å². The molecule has 0 saturated carbocycles. The quantitative estimate of drug-likeness (QED) is 0.755. The summed E-state index contributed by atoms with van der Waals surface area (Å²) in [4.78, 5) is 9.75. The molecule has 0 unspecified atom stereocenters. The number of aromatic nitrogens is 1. The van der Waals surface area contributed by atoms with E-state index in [1.165, 1.54) is 5.56 Å². The molecule has 0 radical (unpaired) electrons. The number of hydrazine groups is 1. The van der Waals surface area contributed by atoms with E-state index in [0.29, 0.717) is 0 Å². The van der Waals surface area contributed by atoms with Crippen LogP contribution in [0.25, 0.3) is 0 Å². The second-order valence-corrected chi connectivity index (χ2v) is 3.65. The van der Waals surface area contributed by atoms with E-state index in [2.05, 4.69) is 24.9 Å². The van der Waals surface area contributed by atoms with E-state index in [0.717, 1.165) is 17.9 Å². The molecule has 0 amide bonds. The summed E-state index contributed by atoms with van der Waals surface area (Å²) in [5.74, 6) is 0.819. The molecule has 0 atom stereocenters. The maximum atomic E-state index is 5.25. The van der Waals surface area contributed by atoms with E-state index >= 15 is 0 Å². The van der Waals surface area contributed by atoms with Gasteiger partial charge in [-0.2, -0.15) is 5.17 Å². The minimum atomic E-state index is 0.819. The molecule has 0 bridgehead atoms. The van der Waals surface area contributed by atoms with Crippen LogP contribution in [0.1, 0.15) is 32.0 Å². The van der Waals surface area contributed by atoms with Crippen molar-refractivity contribution in [3.63, 3.8) is 0 Å². The molecule has 4 heteroatoms. The zero-order valence-corrected chi connectivity index (χ0v) is 12.1. The number of pyridine rings is 1. The topological polar surface area (TPSA) is 28.6 Å². The Morgan fingerprint density at radius 3 is 2.24 bits per heavy atom. The minimum Gasteiger partial charge on any atom is -0.260 e. The Bertz CT molecular complexity index is 326. The first-order chi connectivity index (χ1) is 8.08. The summed E-state index contributed by atoms with van der Waals surface area (Å²) in [5.41, 5.74) is 2.27. The predicted molar refractivity (Wildman–Crippen MR) is 72.9 cm³/mol. The van der Waals surface area contributed by atoms with E-state index in [-0.39, 0.29) is 0 Å². The van der Waals surface area contributed by atoms with Crippen LogP contribution in [0.2, 0.25) is 0 Å². The molecular weight excluding hydrogens is 214 g/mol. The average Bonchev–Trinajstić information content (AvgIpc) is 2.31. The Labute approximate surface area is 105 Å². The maximum Gasteiger partial charge on any atom is 0.171 e. The molecule has 4 nitrogen and oxygen atoms in total. The van der Waals surface area contributed by atoms with Crippen LogP contribution in [-0.4, -0.2) is 31.2 Å². The number of rotatable bonds is 4. The van der Waals surface area contributed by atoms with Crippen molar-refractivity contribution in [2.45, 2.75) is 34.1 Å². The molecule has 1 aromatic heterocycles. The fraction of sp³-hybridized carbons (Fsp3) is 0.615. The first-order valence-corrected chi connectivity index (χ1v) is 6.07. The largest absolute Gasteiger partial charge is 0.260 e. The SMILES string of the molecule is CC.CCc1cc(C)cc(N(OC)N(C)C)n1. The van der Waals surface area contributed by atoms with Crippen LogP contribution in [0.15, 0.2) is 12.1 Å². The van der Waals surface area contributed by atoms with Crippen LogP contribution in [0, 0.1) is 6.92 Å². The van der Waals surface area contributed by atoms with Crippen molar-refractivity contribution >= 4 is 5.82 Å². The lowest BCUT2D eigenvalue weighted by Gasteiger charge is -2.27. The molecule has 1 heterocycles. The van der Waals surface area contributed by atoms with E-state index in [4.69, 9.17) is 4.84 Å². The Kier molecular flexibility index (Phi) is 7.50. The zero-order chi connectivity index (χ0) is 13.4. The number of aryl methyl sites for hydroxylation is 2. The van der Waals surface area contributed by atoms with E-state index < -0.39 is 0 Å². The molecule has 98 valence electrons. The van der Waals surface area contributed by atoms with Crippen LogP contribution in [0.4, 0.5) is 5.82 Å². The molecule has 0 saturated heterocycles. The normalized spacial score (nSPS) is 9.88. The van der Waals surface area contributed by atoms with Crippen LogP contribution < -0.4 is 5.17 Å². The molecule has 0 aliphatic heterocycles. The highest BCUT2D eigenvalue weighted by molar-refractivity contribution is 5.39. The van der Waals surface area contributed by atoms with Gasteiger partial charge in [-0.25, -0.2) is 9.99 Å². The summed E-state index contributed by atoms with van der Waals surface area (Å²) in [6.45, 7) is 8.16. The molecule has 0 aromatic carbocycles. The monoisotopic (exact) mass is 239 g/mol. The number of hydrogen-bond donors (Lipinski definition) is 0. The van der Waals surface area contributed by atoms with Gasteiger partial charge >= 0.3 is 0 Å². The standard InChI is InChI=1S/C11H19N3O.C2H6/c1-6-10-7-9(2)8-11(12-10)14(15-5)13(3)4;1-2/h7-8H,6H2,1-5H3;1-2H3. The lowest BCUT2D eigenvalue weighted by molar-refractivity contribution is 0.0553. The van der Waals surface area contributed by atoms with Gasteiger partial charge in [0.25, 0.3) is 0 Å². The van der Waals surface area contributed by atoms with Crippen molar-refractivity contribution in [1.82, 2.24) is 9.99 Å². The van der Waals surface area contributed by atoms with Gasteiger partial charge in [-0.1, -0.05) is 20.8 Å². The zero-order valence-electron chi connectivity index (χ0n) is 12.1. The van der Waals surface area contributed by atoms with Crippen LogP contribution in [-0.2, 0) is 11.3 Å². The summed E-state index contributed by atoms with van der Waals surface area (Å²) in [6.07, 6.45) is 0.930. The van der Waals surface area contributed by atoms with Crippen molar-refractivity contribution in [3.05, 3.63) is 23.4 Å². The van der Waals surface area contributed by atoms with Crippen LogP contribution >= 0.6 is 0 Å². The van der Waals surface area contributed by atoms with Gasteiger partial charge in [0.1, 0.15) is 0 Å². The molecule has 1 rings (SSSR count). The van der Waals surface area contributed by atoms with Gasteiger partial charge in [0.05, 0.1) is 7.11 Å². The van der Waals surface area contributed by atoms with Crippen molar-refractivity contribution < 1.29 is 4.84 Å². The summed E-state index contributed by atoms with van der Waals surface area (Å²) < 4.78 is 0. The van der Waals surface area contributed by atoms with Gasteiger partial charge in [0.2, 0.25) is 0 Å². The van der Waals surface area contributed by atoms with Crippen molar-refractivity contribution in [2.75, 3.05) is 26.4 Å². The Morgan fingerprint density at radius 1 is 1.24 bits per heavy atom. The highest BCUT2D eigenvalue weighted by Crippen LogP contribution is 2.15. The molecule has 0 aliphatic rings. The third kappa shape index (κ3) is 4.71. The first-order valence-electron chi connectivity index (χ1n) is 6.07. The summed E-state index contributed by atoms with van der Waals surface area (Å²) in [5, 5.41) is 3.51. The molecule has 0 N–H and O–H groups in total. The van der Waals surface area contributed by atoms with E-state index in [9.17, 15) is 0 Å². The van der Waals surface area contributed by atoms with Gasteiger partial charge in [-0.3, -0.25) is 4.84 Å². The highest BCUT2D eigenvalue weighted by atomic mass is 16.7. The molecule has 0 fully saturated rings. The van der Waals surface area contributed by atoms with Gasteiger partial charge in [0, 0.05) is 19.8 Å². The second kappa shape index (κ2) is 8.03. The van der Waals surface area contributed by atoms with Crippen molar-refractivity contribution in [2.24, 2.45) is 0 Å². The Morgan fingerprint density at radius 2 is 1.82 bits per heavy atom. The molecular formula is C13H25N3O. The second-order valence-electron chi connectivity index (χ2n) is 3.65. The fourth-order valence-corrected chi connectivity index (χ4v) is 1.46. The van der Waals surface area contributed by atoms with Gasteiger partial charge < -0.3 is 0 Å². The minimum absolute atomic E-state index is 0.819. The summed E-state index contributed by atoms with van der Waals surface area (Å²) in [7, 11) is 5.47. The molecule has 1 aromatic rings. The van der Waals surface area contributed by atoms with E-state index in [1.807, 2.05) is 39.0 Å². The Hall–Kier alpha value is -1.13. The van der Waals surface area contributed by atoms with Gasteiger partial charge in [-0.15, -0.1) is 0 Å². The molecule has 17 heavy (non-hydrogen) atoms. The molecule has 0 spiro atoms. The lowest BCUT2D eigenvalue weighted by Crippen LogP contribution is -2.36. The third-order valence-electron chi connectivity index (χ3n) is 2.10. The third-order valence-corrected chi connectivity index (χ3v) is 2.10. The molecule has 0 aliphatic carbocycles. The smallest absolute Gasteiger partial charge is 0.171 e. The summed E-state index contributed by atoms with van der Waals surface area (Å²) >= 11 is 0. The predicted octanol–water partition coefficient (Wildman–Crippen LogP) is 2.82. The van der Waals surface area contributed by atoms with Gasteiger partial charge in [0.15, 0.2) is 5.82 Å². The average molecular weight is 239 g/mol. The maximum absolute atomic E-state index is 5.25. The van der Waals surface area contributed by atoms with Crippen molar-refractivity contribution in [1.29, 1.82) is 0 Å². The van der Waals surface area contributed by atoms with Gasteiger partial charge in [-0.05, 0) is 31.0 Å². The fourth-order valence-electron chi connectivity index (χ4n) is 1.46. The number of nitrogens with zero attached hydrogens (tertiary/aromatic N) is 3. The highest BCUT2D eigenvalue weighted by Gasteiger charge is 2.10. The lowest BCUT2D eigenvalue weighted by atomic mass is 10.2. The van der Waals surface area contributed by atoms with Crippen LogP contribution in [0.5, 0.6) is 0 Å². The number of hydrogen-bond acceptors (Lipinski definition) is 4. The van der Waals surface area contributed by atoms with E-state index in [1.54, 1.807) is 12.3 Å². The van der Waals surface area contributed by atoms with Crippen LogP contribution in [0.3, 0.4) is 0 Å².